The molecule has 2 bridgehead atoms. The van der Waals surface area contributed by atoms with Crippen LogP contribution in [0.25, 0.3) is 0 Å². The molecule has 5 nitrogen and oxygen atoms in total. The van der Waals surface area contributed by atoms with Crippen molar-refractivity contribution in [2.45, 2.75) is 31.3 Å². The van der Waals surface area contributed by atoms with Gasteiger partial charge >= 0.3 is 0 Å². The van der Waals surface area contributed by atoms with Crippen molar-refractivity contribution in [2.75, 3.05) is 13.1 Å². The molecular formula is C26H27N3O2. The number of amides is 1. The number of benzene rings is 2. The number of carbonyl (C=O) groups is 1. The molecule has 3 fully saturated rings. The Morgan fingerprint density at radius 1 is 0.968 bits per heavy atom. The number of aromatic nitrogens is 1. The molecule has 2 atom stereocenters. The Morgan fingerprint density at radius 3 is 2.42 bits per heavy atom. The Hall–Kier alpha value is -3.18. The second-order valence-electron chi connectivity index (χ2n) is 8.44. The van der Waals surface area contributed by atoms with Crippen molar-refractivity contribution in [3.05, 3.63) is 90.3 Å². The van der Waals surface area contributed by atoms with Gasteiger partial charge in [0, 0.05) is 30.0 Å². The lowest BCUT2D eigenvalue weighted by molar-refractivity contribution is 0.0136. The average molecular weight is 414 g/mol. The maximum absolute atomic E-state index is 13.1. The highest BCUT2D eigenvalue weighted by atomic mass is 16.5. The quantitative estimate of drug-likeness (QED) is 0.654. The lowest BCUT2D eigenvalue weighted by atomic mass is 9.76. The van der Waals surface area contributed by atoms with Crippen molar-refractivity contribution in [2.24, 2.45) is 5.92 Å². The number of pyridine rings is 1. The Labute approximate surface area is 183 Å². The Morgan fingerprint density at radius 2 is 1.71 bits per heavy atom. The van der Waals surface area contributed by atoms with Gasteiger partial charge in [0.1, 0.15) is 11.5 Å². The summed E-state index contributed by atoms with van der Waals surface area (Å²) in [5.74, 6) is 2.03. The van der Waals surface area contributed by atoms with E-state index in [1.165, 1.54) is 5.56 Å². The number of nitrogens with one attached hydrogen (secondary N) is 1. The molecule has 31 heavy (non-hydrogen) atoms. The monoisotopic (exact) mass is 413 g/mol. The van der Waals surface area contributed by atoms with Crippen LogP contribution < -0.4 is 10.1 Å². The van der Waals surface area contributed by atoms with E-state index < -0.39 is 0 Å². The molecule has 6 rings (SSSR count). The van der Waals surface area contributed by atoms with E-state index in [-0.39, 0.29) is 11.9 Å². The molecule has 5 heteroatoms. The predicted octanol–water partition coefficient (Wildman–Crippen LogP) is 4.31. The molecule has 0 radical (unpaired) electrons. The van der Waals surface area contributed by atoms with E-state index in [9.17, 15) is 4.79 Å². The third-order valence-electron chi connectivity index (χ3n) is 6.53. The molecular weight excluding hydrogens is 386 g/mol. The molecule has 0 saturated carbocycles. The SMILES string of the molecule is O=C(N[C@@H]1C2CCN(CC2)[C@@H]1Cc1cccnc1)c1ccc(Oc2ccccc2)cc1. The number of piperidine rings is 3. The molecule has 3 aromatic rings. The zero-order chi connectivity index (χ0) is 21.0. The minimum Gasteiger partial charge on any atom is -0.457 e. The second-order valence-corrected chi connectivity index (χ2v) is 8.44. The van der Waals surface area contributed by atoms with Crippen molar-refractivity contribution < 1.29 is 9.53 Å². The number of nitrogens with zero attached hydrogens (tertiary/aromatic N) is 2. The van der Waals surface area contributed by atoms with Crippen LogP contribution in [0.5, 0.6) is 11.5 Å². The van der Waals surface area contributed by atoms with Gasteiger partial charge in [-0.25, -0.2) is 0 Å². The summed E-state index contributed by atoms with van der Waals surface area (Å²) in [5.41, 5.74) is 1.89. The number of ether oxygens (including phenoxy) is 1. The molecule has 1 amide bonds. The molecule has 1 N–H and O–H groups in total. The van der Waals surface area contributed by atoms with E-state index in [0.29, 0.717) is 17.5 Å². The first-order valence-electron chi connectivity index (χ1n) is 11.0. The summed E-state index contributed by atoms with van der Waals surface area (Å²) in [5, 5.41) is 3.36. The molecule has 3 saturated heterocycles. The Balaban J connectivity index is 1.28. The standard InChI is InChI=1S/C26H27N3O2/c30-26(21-8-10-23(11-9-21)31-22-6-2-1-3-7-22)28-25-20-12-15-29(16-13-20)24(25)17-19-5-4-14-27-18-19/h1-11,14,18,20,24-25H,12-13,15-17H2,(H,28,30)/t24-,25-/m1/s1. The van der Waals surface area contributed by atoms with Crippen LogP contribution in [0.2, 0.25) is 0 Å². The van der Waals surface area contributed by atoms with Crippen molar-refractivity contribution in [1.82, 2.24) is 15.2 Å². The van der Waals surface area contributed by atoms with Crippen molar-refractivity contribution >= 4 is 5.91 Å². The van der Waals surface area contributed by atoms with E-state index in [1.54, 1.807) is 6.20 Å². The minimum absolute atomic E-state index is 0.0128. The molecule has 3 aliphatic rings. The number of para-hydroxylation sites is 1. The van der Waals surface area contributed by atoms with Gasteiger partial charge in [0.25, 0.3) is 5.91 Å². The van der Waals surface area contributed by atoms with Crippen LogP contribution in [-0.2, 0) is 6.42 Å². The largest absolute Gasteiger partial charge is 0.457 e. The molecule has 4 heterocycles. The lowest BCUT2D eigenvalue weighted by Crippen LogP contribution is -2.64. The van der Waals surface area contributed by atoms with Crippen LogP contribution in [0.1, 0.15) is 28.8 Å². The molecule has 3 aliphatic heterocycles. The number of hydrogen-bond donors (Lipinski definition) is 1. The highest BCUT2D eigenvalue weighted by Gasteiger charge is 2.42. The maximum Gasteiger partial charge on any atom is 0.251 e. The number of fused-ring (bicyclic) bond motifs is 3. The molecule has 158 valence electrons. The van der Waals surface area contributed by atoms with Gasteiger partial charge in [-0.1, -0.05) is 24.3 Å². The number of carbonyl (C=O) groups excluding carboxylic acids is 1. The van der Waals surface area contributed by atoms with Gasteiger partial charge < -0.3 is 10.1 Å². The smallest absolute Gasteiger partial charge is 0.251 e. The van der Waals surface area contributed by atoms with Gasteiger partial charge in [-0.15, -0.1) is 0 Å². The minimum atomic E-state index is -0.0128. The Kier molecular flexibility index (Phi) is 5.67. The highest BCUT2D eigenvalue weighted by molar-refractivity contribution is 5.94. The van der Waals surface area contributed by atoms with Crippen LogP contribution in [0, 0.1) is 5.92 Å². The summed E-state index contributed by atoms with van der Waals surface area (Å²) in [6.45, 7) is 2.24. The first kappa shape index (κ1) is 19.8. The van der Waals surface area contributed by atoms with E-state index in [4.69, 9.17) is 4.74 Å². The van der Waals surface area contributed by atoms with E-state index in [2.05, 4.69) is 21.3 Å². The van der Waals surface area contributed by atoms with Crippen LogP contribution in [0.3, 0.4) is 0 Å². The van der Waals surface area contributed by atoms with Gasteiger partial charge in [0.15, 0.2) is 0 Å². The van der Waals surface area contributed by atoms with E-state index in [1.807, 2.05) is 66.9 Å². The topological polar surface area (TPSA) is 54.5 Å². The zero-order valence-electron chi connectivity index (χ0n) is 17.5. The molecule has 0 spiro atoms. The summed E-state index contributed by atoms with van der Waals surface area (Å²) in [7, 11) is 0. The zero-order valence-corrected chi connectivity index (χ0v) is 17.5. The van der Waals surface area contributed by atoms with Crippen molar-refractivity contribution in [3.8, 4) is 11.5 Å². The van der Waals surface area contributed by atoms with Gasteiger partial charge in [0.2, 0.25) is 0 Å². The first-order chi connectivity index (χ1) is 15.3. The van der Waals surface area contributed by atoms with Crippen LogP contribution in [0.4, 0.5) is 0 Å². The summed E-state index contributed by atoms with van der Waals surface area (Å²) < 4.78 is 5.84. The van der Waals surface area contributed by atoms with Crippen LogP contribution >= 0.6 is 0 Å². The molecule has 2 aromatic carbocycles. The third kappa shape index (κ3) is 4.47. The molecule has 0 unspecified atom stereocenters. The fourth-order valence-electron chi connectivity index (χ4n) is 4.92. The molecule has 0 aliphatic carbocycles. The summed E-state index contributed by atoms with van der Waals surface area (Å²) >= 11 is 0. The van der Waals surface area contributed by atoms with Gasteiger partial charge in [-0.2, -0.15) is 0 Å². The summed E-state index contributed by atoms with van der Waals surface area (Å²) in [4.78, 5) is 19.9. The van der Waals surface area contributed by atoms with Crippen LogP contribution in [-0.4, -0.2) is 41.0 Å². The normalized spacial score (nSPS) is 24.5. The van der Waals surface area contributed by atoms with Crippen molar-refractivity contribution in [1.29, 1.82) is 0 Å². The van der Waals surface area contributed by atoms with Crippen molar-refractivity contribution in [3.63, 3.8) is 0 Å². The van der Waals surface area contributed by atoms with E-state index in [0.717, 1.165) is 43.9 Å². The van der Waals surface area contributed by atoms with Gasteiger partial charge in [-0.05, 0) is 86.3 Å². The number of rotatable bonds is 6. The maximum atomic E-state index is 13.1. The third-order valence-corrected chi connectivity index (χ3v) is 6.53. The average Bonchev–Trinajstić information content (AvgIpc) is 2.83. The summed E-state index contributed by atoms with van der Waals surface area (Å²) in [6, 6.07) is 21.6. The number of hydrogen-bond acceptors (Lipinski definition) is 4. The van der Waals surface area contributed by atoms with Crippen LogP contribution in [0.15, 0.2) is 79.1 Å². The highest BCUT2D eigenvalue weighted by Crippen LogP contribution is 2.34. The molecule has 1 aromatic heterocycles. The van der Waals surface area contributed by atoms with Gasteiger partial charge in [0.05, 0.1) is 0 Å². The predicted molar refractivity (Wildman–Crippen MR) is 120 cm³/mol. The van der Waals surface area contributed by atoms with E-state index >= 15 is 0 Å². The fourth-order valence-corrected chi connectivity index (χ4v) is 4.92. The van der Waals surface area contributed by atoms with Gasteiger partial charge in [-0.3, -0.25) is 14.7 Å². The summed E-state index contributed by atoms with van der Waals surface area (Å²) in [6.07, 6.45) is 6.96. The Bertz CT molecular complexity index is 1000. The lowest BCUT2D eigenvalue weighted by Gasteiger charge is -2.51. The first-order valence-corrected chi connectivity index (χ1v) is 11.0. The fraction of sp³-hybridized carbons (Fsp3) is 0.308. The second kappa shape index (κ2) is 8.90.